The molecule has 5 heterocycles. The first-order valence-electron chi connectivity index (χ1n) is 10.9. The number of pyridine rings is 2. The lowest BCUT2D eigenvalue weighted by molar-refractivity contribution is -0.131. The lowest BCUT2D eigenvalue weighted by atomic mass is 9.71. The quantitative estimate of drug-likeness (QED) is 0.463. The van der Waals surface area contributed by atoms with Gasteiger partial charge in [0.1, 0.15) is 11.5 Å². The number of hydrogen-bond acceptors (Lipinski definition) is 7. The summed E-state index contributed by atoms with van der Waals surface area (Å²) in [6.07, 6.45) is 8.41. The van der Waals surface area contributed by atoms with Crippen LogP contribution in [0.5, 0.6) is 0 Å². The van der Waals surface area contributed by atoms with E-state index < -0.39 is 0 Å². The zero-order chi connectivity index (χ0) is 20.8. The van der Waals surface area contributed by atoms with Crippen molar-refractivity contribution in [3.05, 3.63) is 36.7 Å². The molecule has 1 spiro atoms. The van der Waals surface area contributed by atoms with E-state index >= 15 is 0 Å². The molecule has 3 N–H and O–H groups in total. The van der Waals surface area contributed by atoms with Crippen molar-refractivity contribution in [3.63, 3.8) is 0 Å². The Bertz CT molecular complexity index is 1250. The Morgan fingerprint density at radius 2 is 1.94 bits per heavy atom. The molecule has 0 bridgehead atoms. The normalized spacial score (nSPS) is 18.4. The van der Waals surface area contributed by atoms with Crippen LogP contribution in [-0.2, 0) is 4.74 Å². The van der Waals surface area contributed by atoms with Gasteiger partial charge < -0.3 is 20.4 Å². The van der Waals surface area contributed by atoms with Crippen LogP contribution >= 0.6 is 0 Å². The molecular formula is C23H25N7O. The molecule has 4 aromatic rings. The molecule has 1 aliphatic heterocycles. The summed E-state index contributed by atoms with van der Waals surface area (Å²) in [7, 11) is 1.89. The molecule has 158 valence electrons. The summed E-state index contributed by atoms with van der Waals surface area (Å²) in [6, 6.07) is 8.26. The van der Waals surface area contributed by atoms with Crippen LogP contribution in [0.2, 0.25) is 0 Å². The van der Waals surface area contributed by atoms with E-state index in [4.69, 9.17) is 19.7 Å². The first-order valence-corrected chi connectivity index (χ1v) is 10.9. The molecular weight excluding hydrogens is 390 g/mol. The average molecular weight is 416 g/mol. The third-order valence-electron chi connectivity index (χ3n) is 6.70. The molecule has 0 amide bonds. The van der Waals surface area contributed by atoms with E-state index in [0.29, 0.717) is 17.4 Å². The highest BCUT2D eigenvalue weighted by Gasteiger charge is 2.41. The number of nitrogens with one attached hydrogen (secondary N) is 3. The van der Waals surface area contributed by atoms with Crippen molar-refractivity contribution in [2.45, 2.75) is 31.7 Å². The second kappa shape index (κ2) is 7.16. The van der Waals surface area contributed by atoms with Crippen LogP contribution in [0, 0.1) is 5.41 Å². The standard InChI is InChI=1S/C23H25N7O/c1-24-20-19-15(16-4-5-17-18(28-16)3-2-10-25-17)11-26-21(19)30-22(29-20)27-14-6-8-23(9-7-14)12-31-13-23/h2-5,10-11,14H,6-9,12-13H2,1H3,(H3,24,26,27,29,30). The number of H-pyrrole nitrogens is 1. The number of hydrogen-bond donors (Lipinski definition) is 3. The molecule has 1 saturated heterocycles. The zero-order valence-electron chi connectivity index (χ0n) is 17.5. The predicted octanol–water partition coefficient (Wildman–Crippen LogP) is 3.98. The largest absolute Gasteiger partial charge is 0.380 e. The van der Waals surface area contributed by atoms with Gasteiger partial charge in [0.25, 0.3) is 0 Å². The fourth-order valence-corrected chi connectivity index (χ4v) is 4.82. The molecule has 0 radical (unpaired) electrons. The van der Waals surface area contributed by atoms with Crippen LogP contribution in [0.1, 0.15) is 25.7 Å². The molecule has 0 atom stereocenters. The van der Waals surface area contributed by atoms with Crippen LogP contribution in [0.15, 0.2) is 36.7 Å². The van der Waals surface area contributed by atoms with Crippen LogP contribution in [0.4, 0.5) is 11.8 Å². The fraction of sp³-hybridized carbons (Fsp3) is 0.391. The molecule has 8 nitrogen and oxygen atoms in total. The summed E-state index contributed by atoms with van der Waals surface area (Å²) in [4.78, 5) is 22.0. The Balaban J connectivity index is 1.31. The molecule has 1 aliphatic carbocycles. The number of rotatable bonds is 4. The first-order chi connectivity index (χ1) is 15.2. The number of nitrogens with zero attached hydrogens (tertiary/aromatic N) is 4. The monoisotopic (exact) mass is 415 g/mol. The lowest BCUT2D eigenvalue weighted by Gasteiger charge is -2.46. The van der Waals surface area contributed by atoms with Crippen LogP contribution in [0.25, 0.3) is 33.3 Å². The highest BCUT2D eigenvalue weighted by atomic mass is 16.5. The van der Waals surface area contributed by atoms with Crippen LogP contribution < -0.4 is 10.6 Å². The minimum atomic E-state index is 0.400. The number of ether oxygens (including phenoxy) is 1. The molecule has 2 fully saturated rings. The number of aromatic amines is 1. The minimum Gasteiger partial charge on any atom is -0.380 e. The Morgan fingerprint density at radius 1 is 1.06 bits per heavy atom. The van der Waals surface area contributed by atoms with Crippen molar-refractivity contribution >= 4 is 33.8 Å². The molecule has 0 unspecified atom stereocenters. The Kier molecular flexibility index (Phi) is 4.27. The van der Waals surface area contributed by atoms with Crippen molar-refractivity contribution in [1.29, 1.82) is 0 Å². The maximum Gasteiger partial charge on any atom is 0.226 e. The van der Waals surface area contributed by atoms with E-state index in [9.17, 15) is 0 Å². The summed E-state index contributed by atoms with van der Waals surface area (Å²) in [5.41, 5.74) is 4.83. The maximum absolute atomic E-state index is 5.44. The topological polar surface area (TPSA) is 101 Å². The van der Waals surface area contributed by atoms with Crippen LogP contribution in [0.3, 0.4) is 0 Å². The third kappa shape index (κ3) is 3.18. The second-order valence-electron chi connectivity index (χ2n) is 8.72. The smallest absolute Gasteiger partial charge is 0.226 e. The van der Waals surface area contributed by atoms with Crippen LogP contribution in [-0.4, -0.2) is 51.2 Å². The molecule has 0 aromatic carbocycles. The summed E-state index contributed by atoms with van der Waals surface area (Å²) >= 11 is 0. The van der Waals surface area contributed by atoms with E-state index in [2.05, 4.69) is 20.6 Å². The van der Waals surface area contributed by atoms with E-state index in [0.717, 1.165) is 65.2 Å². The highest BCUT2D eigenvalue weighted by molar-refractivity contribution is 6.01. The van der Waals surface area contributed by atoms with Gasteiger partial charge in [0, 0.05) is 36.5 Å². The van der Waals surface area contributed by atoms with Gasteiger partial charge in [-0.1, -0.05) is 0 Å². The molecule has 31 heavy (non-hydrogen) atoms. The van der Waals surface area contributed by atoms with Gasteiger partial charge in [0.15, 0.2) is 0 Å². The number of fused-ring (bicyclic) bond motifs is 2. The van der Waals surface area contributed by atoms with Gasteiger partial charge in [0.05, 0.1) is 35.3 Å². The first kappa shape index (κ1) is 18.5. The van der Waals surface area contributed by atoms with Crippen molar-refractivity contribution < 1.29 is 4.74 Å². The summed E-state index contributed by atoms with van der Waals surface area (Å²) in [5.74, 6) is 1.45. The summed E-state index contributed by atoms with van der Waals surface area (Å²) in [5, 5.41) is 7.75. The van der Waals surface area contributed by atoms with Gasteiger partial charge in [-0.3, -0.25) is 4.98 Å². The van der Waals surface area contributed by atoms with Gasteiger partial charge in [-0.2, -0.15) is 9.97 Å². The van der Waals surface area contributed by atoms with Crippen molar-refractivity contribution in [1.82, 2.24) is 24.9 Å². The van der Waals surface area contributed by atoms with Gasteiger partial charge in [-0.25, -0.2) is 4.98 Å². The second-order valence-corrected chi connectivity index (χ2v) is 8.72. The van der Waals surface area contributed by atoms with Crippen molar-refractivity contribution in [3.8, 4) is 11.3 Å². The zero-order valence-corrected chi connectivity index (χ0v) is 17.5. The number of anilines is 2. The van der Waals surface area contributed by atoms with Crippen molar-refractivity contribution in [2.24, 2.45) is 5.41 Å². The van der Waals surface area contributed by atoms with Gasteiger partial charge in [-0.15, -0.1) is 0 Å². The van der Waals surface area contributed by atoms with E-state index in [1.165, 1.54) is 12.8 Å². The fourth-order valence-electron chi connectivity index (χ4n) is 4.82. The Labute approximate surface area is 179 Å². The average Bonchev–Trinajstić information content (AvgIpc) is 3.22. The van der Waals surface area contributed by atoms with Crippen molar-refractivity contribution in [2.75, 3.05) is 30.9 Å². The third-order valence-corrected chi connectivity index (χ3v) is 6.70. The maximum atomic E-state index is 5.44. The Morgan fingerprint density at radius 3 is 2.71 bits per heavy atom. The molecule has 2 aliphatic rings. The van der Waals surface area contributed by atoms with E-state index in [1.54, 1.807) is 6.20 Å². The summed E-state index contributed by atoms with van der Waals surface area (Å²) in [6.45, 7) is 1.85. The van der Waals surface area contributed by atoms with Gasteiger partial charge in [0.2, 0.25) is 5.95 Å². The van der Waals surface area contributed by atoms with E-state index in [1.807, 2.05) is 37.5 Å². The van der Waals surface area contributed by atoms with Gasteiger partial charge >= 0.3 is 0 Å². The predicted molar refractivity (Wildman–Crippen MR) is 121 cm³/mol. The molecule has 6 rings (SSSR count). The highest BCUT2D eigenvalue weighted by Crippen LogP contribution is 2.42. The van der Waals surface area contributed by atoms with E-state index in [-0.39, 0.29) is 0 Å². The Hall–Kier alpha value is -3.26. The lowest BCUT2D eigenvalue weighted by Crippen LogP contribution is -2.47. The SMILES string of the molecule is CNc1nc(NC2CCC3(CC2)COC3)nc2[nH]cc(-c3ccc4ncccc4n3)c12. The van der Waals surface area contributed by atoms with Gasteiger partial charge in [-0.05, 0) is 49.9 Å². The molecule has 1 saturated carbocycles. The minimum absolute atomic E-state index is 0.400. The molecule has 4 aromatic heterocycles. The molecule has 8 heteroatoms. The summed E-state index contributed by atoms with van der Waals surface area (Å²) < 4.78 is 5.44. The number of aromatic nitrogens is 5.